The third kappa shape index (κ3) is 2.94. The Kier molecular flexibility index (Phi) is 3.89. The molecule has 0 saturated heterocycles. The fourth-order valence-electron chi connectivity index (χ4n) is 0.933. The number of rotatable bonds is 4. The molecule has 0 unspecified atom stereocenters. The molecule has 0 aliphatic heterocycles. The van der Waals surface area contributed by atoms with Crippen LogP contribution in [-0.4, -0.2) is 33.1 Å². The molecule has 0 fully saturated rings. The van der Waals surface area contributed by atoms with E-state index >= 15 is 0 Å². The monoisotopic (exact) mass is 287 g/mol. The number of methoxy groups -OCH3 is 2. The van der Waals surface area contributed by atoms with Crippen LogP contribution in [0.3, 0.4) is 0 Å². The molecule has 18 heavy (non-hydrogen) atoms. The predicted octanol–water partition coefficient (Wildman–Crippen LogP) is 1.33. The molecule has 0 aromatic carbocycles. The smallest absolute Gasteiger partial charge is 0.491 e. The number of nitrogens with zero attached hydrogens (tertiary/aromatic N) is 1. The van der Waals surface area contributed by atoms with Gasteiger partial charge in [-0.15, -0.1) is 0 Å². The molecule has 0 atom stereocenters. The third-order valence-corrected chi connectivity index (χ3v) is 2.67. The summed E-state index contributed by atoms with van der Waals surface area (Å²) in [5.41, 5.74) is -5.51. The second-order valence-corrected chi connectivity index (χ2v) is 4.40. The summed E-state index contributed by atoms with van der Waals surface area (Å²) in [7, 11) is -3.26. The maximum atomic E-state index is 12.1. The minimum atomic E-state index is -5.73. The molecule has 102 valence electrons. The highest BCUT2D eigenvalue weighted by Gasteiger charge is 2.48. The summed E-state index contributed by atoms with van der Waals surface area (Å²) >= 11 is 0. The molecule has 1 aromatic heterocycles. The minimum Gasteiger partial charge on any atom is -0.491 e. The van der Waals surface area contributed by atoms with Crippen LogP contribution in [0.2, 0.25) is 0 Å². The van der Waals surface area contributed by atoms with E-state index < -0.39 is 21.4 Å². The van der Waals surface area contributed by atoms with Crippen molar-refractivity contribution >= 4 is 10.1 Å². The summed E-state index contributed by atoms with van der Waals surface area (Å²) in [5, 5.41) is 0. The normalized spacial score (nSPS) is 12.1. The van der Waals surface area contributed by atoms with Crippen molar-refractivity contribution in [2.24, 2.45) is 0 Å². The highest BCUT2D eigenvalue weighted by atomic mass is 32.2. The first-order valence-electron chi connectivity index (χ1n) is 4.30. The van der Waals surface area contributed by atoms with Gasteiger partial charge in [-0.3, -0.25) is 0 Å². The molecule has 0 bridgehead atoms. The first-order valence-corrected chi connectivity index (χ1v) is 5.71. The Balaban J connectivity index is 3.07. The lowest BCUT2D eigenvalue weighted by atomic mass is 10.4. The summed E-state index contributed by atoms with van der Waals surface area (Å²) in [6.07, 6.45) is 0.768. The maximum absolute atomic E-state index is 12.1. The number of ether oxygens (including phenoxy) is 2. The number of pyridine rings is 1. The van der Waals surface area contributed by atoms with Gasteiger partial charge in [-0.05, 0) is 0 Å². The van der Waals surface area contributed by atoms with Gasteiger partial charge < -0.3 is 13.7 Å². The van der Waals surface area contributed by atoms with E-state index in [0.717, 1.165) is 12.3 Å². The number of hydrogen-bond acceptors (Lipinski definition) is 6. The molecular formula is C8H8F3NO5S. The van der Waals surface area contributed by atoms with E-state index in [0.29, 0.717) is 0 Å². The number of alkyl halides is 3. The zero-order valence-electron chi connectivity index (χ0n) is 9.19. The molecule has 0 spiro atoms. The number of halogens is 3. The SMILES string of the molecule is COc1cc(OS(=O)(=O)C(F)(F)F)cnc1OC. The molecule has 0 radical (unpaired) electrons. The molecular weight excluding hydrogens is 279 g/mol. The number of aromatic nitrogens is 1. The van der Waals surface area contributed by atoms with Crippen molar-refractivity contribution in [1.29, 1.82) is 0 Å². The van der Waals surface area contributed by atoms with Gasteiger partial charge in [-0.2, -0.15) is 21.6 Å². The Hall–Kier alpha value is -1.71. The lowest BCUT2D eigenvalue weighted by Crippen LogP contribution is -2.28. The average Bonchev–Trinajstić information content (AvgIpc) is 2.26. The molecule has 0 aliphatic rings. The summed E-state index contributed by atoms with van der Waals surface area (Å²) < 4.78 is 70.9. The molecule has 10 heteroatoms. The van der Waals surface area contributed by atoms with Gasteiger partial charge in [-0.1, -0.05) is 0 Å². The first-order chi connectivity index (χ1) is 8.21. The Morgan fingerprint density at radius 3 is 2.28 bits per heavy atom. The van der Waals surface area contributed by atoms with Crippen molar-refractivity contribution in [3.8, 4) is 17.4 Å². The summed E-state index contributed by atoms with van der Waals surface area (Å²) in [4.78, 5) is 3.53. The zero-order valence-corrected chi connectivity index (χ0v) is 10.0. The van der Waals surface area contributed by atoms with Crippen LogP contribution in [0.4, 0.5) is 13.2 Å². The van der Waals surface area contributed by atoms with Gasteiger partial charge in [0.2, 0.25) is 0 Å². The maximum Gasteiger partial charge on any atom is 0.534 e. The van der Waals surface area contributed by atoms with Gasteiger partial charge in [-0.25, -0.2) is 4.98 Å². The quantitative estimate of drug-likeness (QED) is 0.614. The van der Waals surface area contributed by atoms with Gasteiger partial charge in [0.15, 0.2) is 11.5 Å². The van der Waals surface area contributed by atoms with Crippen molar-refractivity contribution < 1.29 is 35.2 Å². The molecule has 1 aromatic rings. The van der Waals surface area contributed by atoms with E-state index in [1.54, 1.807) is 0 Å². The van der Waals surface area contributed by atoms with E-state index in [9.17, 15) is 21.6 Å². The predicted molar refractivity (Wildman–Crippen MR) is 52.9 cm³/mol. The highest BCUT2D eigenvalue weighted by Crippen LogP contribution is 2.31. The molecule has 0 aliphatic carbocycles. The van der Waals surface area contributed by atoms with Crippen LogP contribution in [-0.2, 0) is 10.1 Å². The Bertz CT molecular complexity index is 528. The fraction of sp³-hybridized carbons (Fsp3) is 0.375. The van der Waals surface area contributed by atoms with Crippen LogP contribution in [0.15, 0.2) is 12.3 Å². The topological polar surface area (TPSA) is 74.7 Å². The van der Waals surface area contributed by atoms with Gasteiger partial charge in [0.05, 0.1) is 20.4 Å². The van der Waals surface area contributed by atoms with E-state index in [1.165, 1.54) is 14.2 Å². The summed E-state index contributed by atoms with van der Waals surface area (Å²) in [6.45, 7) is 0. The van der Waals surface area contributed by atoms with Crippen molar-refractivity contribution in [1.82, 2.24) is 4.98 Å². The van der Waals surface area contributed by atoms with Crippen molar-refractivity contribution in [3.63, 3.8) is 0 Å². The number of hydrogen-bond donors (Lipinski definition) is 0. The summed E-state index contributed by atoms with van der Waals surface area (Å²) in [5.74, 6) is -0.716. The van der Waals surface area contributed by atoms with E-state index in [1.807, 2.05) is 0 Å². The van der Waals surface area contributed by atoms with Crippen molar-refractivity contribution in [2.45, 2.75) is 5.51 Å². The first kappa shape index (κ1) is 14.4. The van der Waals surface area contributed by atoms with Gasteiger partial charge in [0.25, 0.3) is 5.88 Å². The standard InChI is InChI=1S/C8H8F3NO5S/c1-15-6-3-5(4-12-7(6)16-2)17-18(13,14)8(9,10)11/h3-4H,1-2H3. The molecule has 1 rings (SSSR count). The molecule has 6 nitrogen and oxygen atoms in total. The zero-order chi connectivity index (χ0) is 14.0. The Morgan fingerprint density at radius 1 is 1.22 bits per heavy atom. The highest BCUT2D eigenvalue weighted by molar-refractivity contribution is 7.87. The van der Waals surface area contributed by atoms with Gasteiger partial charge in [0, 0.05) is 6.07 Å². The van der Waals surface area contributed by atoms with Crippen LogP contribution in [0, 0.1) is 0 Å². The van der Waals surface area contributed by atoms with Gasteiger partial charge >= 0.3 is 15.6 Å². The fourth-order valence-corrected chi connectivity index (χ4v) is 1.37. The van der Waals surface area contributed by atoms with Crippen LogP contribution in [0.25, 0.3) is 0 Å². The van der Waals surface area contributed by atoms with Gasteiger partial charge in [0.1, 0.15) is 0 Å². The van der Waals surface area contributed by atoms with Crippen LogP contribution < -0.4 is 13.7 Å². The largest absolute Gasteiger partial charge is 0.534 e. The molecule has 0 saturated carbocycles. The molecule has 1 heterocycles. The van der Waals surface area contributed by atoms with Crippen molar-refractivity contribution in [2.75, 3.05) is 14.2 Å². The second kappa shape index (κ2) is 4.88. The summed E-state index contributed by atoms with van der Waals surface area (Å²) in [6, 6.07) is 0.912. The average molecular weight is 287 g/mol. The van der Waals surface area contributed by atoms with Crippen LogP contribution in [0.5, 0.6) is 17.4 Å². The Labute approximate surface area is 100 Å². The van der Waals surface area contributed by atoms with Crippen molar-refractivity contribution in [3.05, 3.63) is 12.3 Å². The molecule has 0 amide bonds. The minimum absolute atomic E-state index is 0.0192. The lowest BCUT2D eigenvalue weighted by molar-refractivity contribution is -0.0500. The Morgan fingerprint density at radius 2 is 1.83 bits per heavy atom. The third-order valence-electron chi connectivity index (χ3n) is 1.70. The van der Waals surface area contributed by atoms with E-state index in [2.05, 4.69) is 9.17 Å². The van der Waals surface area contributed by atoms with E-state index in [-0.39, 0.29) is 11.6 Å². The second-order valence-electron chi connectivity index (χ2n) is 2.87. The molecule has 0 N–H and O–H groups in total. The lowest BCUT2D eigenvalue weighted by Gasteiger charge is -2.11. The van der Waals surface area contributed by atoms with E-state index in [4.69, 9.17) is 9.47 Å². The van der Waals surface area contributed by atoms with Crippen LogP contribution >= 0.6 is 0 Å². The van der Waals surface area contributed by atoms with Crippen LogP contribution in [0.1, 0.15) is 0 Å².